The number of fused-ring (bicyclic) bond motifs is 1. The lowest BCUT2D eigenvalue weighted by molar-refractivity contribution is 0.644. The number of aryl methyl sites for hydroxylation is 1. The molecule has 0 aliphatic heterocycles. The van der Waals surface area contributed by atoms with E-state index >= 15 is 0 Å². The summed E-state index contributed by atoms with van der Waals surface area (Å²) in [5.41, 5.74) is 6.19. The second kappa shape index (κ2) is 4.89. The molecule has 0 unspecified atom stereocenters. The monoisotopic (exact) mass is 253 g/mol. The first-order chi connectivity index (χ1) is 8.15. The fourth-order valence-corrected chi connectivity index (χ4v) is 2.10. The SMILES string of the molecule is CSCC[C@H](N)c1nnc2c(=O)n(C)ccn12. The van der Waals surface area contributed by atoms with Crippen molar-refractivity contribution in [1.29, 1.82) is 0 Å². The molecule has 0 saturated carbocycles. The van der Waals surface area contributed by atoms with Gasteiger partial charge in [-0.2, -0.15) is 11.8 Å². The van der Waals surface area contributed by atoms with Gasteiger partial charge in [-0.15, -0.1) is 10.2 Å². The number of thioether (sulfide) groups is 1. The summed E-state index contributed by atoms with van der Waals surface area (Å²) >= 11 is 1.73. The highest BCUT2D eigenvalue weighted by atomic mass is 32.2. The lowest BCUT2D eigenvalue weighted by Crippen LogP contribution is -2.20. The molecule has 2 aromatic rings. The number of nitrogens with zero attached hydrogens (tertiary/aromatic N) is 4. The number of hydrogen-bond donors (Lipinski definition) is 1. The van der Waals surface area contributed by atoms with Gasteiger partial charge >= 0.3 is 0 Å². The van der Waals surface area contributed by atoms with Crippen LogP contribution in [-0.2, 0) is 7.05 Å². The third-order valence-corrected chi connectivity index (χ3v) is 3.28. The molecule has 7 heteroatoms. The molecule has 92 valence electrons. The largest absolute Gasteiger partial charge is 0.321 e. The van der Waals surface area contributed by atoms with Gasteiger partial charge in [-0.3, -0.25) is 9.20 Å². The molecule has 0 saturated heterocycles. The highest BCUT2D eigenvalue weighted by Gasteiger charge is 2.15. The Morgan fingerprint density at radius 2 is 2.24 bits per heavy atom. The number of rotatable bonds is 4. The molecule has 0 aliphatic rings. The van der Waals surface area contributed by atoms with E-state index in [9.17, 15) is 4.79 Å². The van der Waals surface area contributed by atoms with Crippen molar-refractivity contribution in [2.75, 3.05) is 12.0 Å². The van der Waals surface area contributed by atoms with E-state index in [1.807, 2.05) is 6.26 Å². The van der Waals surface area contributed by atoms with Crippen LogP contribution < -0.4 is 11.3 Å². The Kier molecular flexibility index (Phi) is 3.49. The van der Waals surface area contributed by atoms with Gasteiger partial charge in [-0.1, -0.05) is 0 Å². The van der Waals surface area contributed by atoms with Gasteiger partial charge in [0.15, 0.2) is 5.82 Å². The first-order valence-corrected chi connectivity index (χ1v) is 6.69. The minimum atomic E-state index is -0.190. The highest BCUT2D eigenvalue weighted by molar-refractivity contribution is 7.98. The molecule has 0 fully saturated rings. The molecule has 2 rings (SSSR count). The summed E-state index contributed by atoms with van der Waals surface area (Å²) in [5.74, 6) is 1.60. The molecule has 0 bridgehead atoms. The summed E-state index contributed by atoms with van der Waals surface area (Å²) in [6.45, 7) is 0. The zero-order chi connectivity index (χ0) is 12.4. The van der Waals surface area contributed by atoms with Crippen molar-refractivity contribution in [3.63, 3.8) is 0 Å². The van der Waals surface area contributed by atoms with Crippen LogP contribution in [-0.4, -0.2) is 31.2 Å². The predicted molar refractivity (Wildman–Crippen MR) is 68.2 cm³/mol. The Labute approximate surface area is 103 Å². The van der Waals surface area contributed by atoms with Crippen molar-refractivity contribution in [2.24, 2.45) is 12.8 Å². The summed E-state index contributed by atoms with van der Waals surface area (Å²) in [4.78, 5) is 11.8. The molecular formula is C10H15N5OS. The Morgan fingerprint density at radius 3 is 2.94 bits per heavy atom. The smallest absolute Gasteiger partial charge is 0.295 e. The Bertz CT molecular complexity index is 576. The molecular weight excluding hydrogens is 238 g/mol. The Balaban J connectivity index is 2.43. The molecule has 0 radical (unpaired) electrons. The van der Waals surface area contributed by atoms with E-state index < -0.39 is 0 Å². The van der Waals surface area contributed by atoms with Crippen LogP contribution in [0, 0.1) is 0 Å². The molecule has 2 N–H and O–H groups in total. The van der Waals surface area contributed by atoms with Gasteiger partial charge < -0.3 is 10.3 Å². The van der Waals surface area contributed by atoms with E-state index in [4.69, 9.17) is 5.73 Å². The van der Waals surface area contributed by atoms with Crippen LogP contribution in [0.3, 0.4) is 0 Å². The Morgan fingerprint density at radius 1 is 1.47 bits per heavy atom. The van der Waals surface area contributed by atoms with Crippen molar-refractivity contribution < 1.29 is 0 Å². The summed E-state index contributed by atoms with van der Waals surface area (Å²) in [6, 6.07) is -0.190. The van der Waals surface area contributed by atoms with Crippen molar-refractivity contribution >= 4 is 17.4 Å². The van der Waals surface area contributed by atoms with Crippen LogP contribution in [0.4, 0.5) is 0 Å². The van der Waals surface area contributed by atoms with Crippen LogP contribution in [0.25, 0.3) is 5.65 Å². The molecule has 6 nitrogen and oxygen atoms in total. The van der Waals surface area contributed by atoms with Gasteiger partial charge in [0.2, 0.25) is 5.65 Å². The van der Waals surface area contributed by atoms with Crippen LogP contribution in [0.2, 0.25) is 0 Å². The average Bonchev–Trinajstić information content (AvgIpc) is 2.75. The fraction of sp³-hybridized carbons (Fsp3) is 0.500. The second-order valence-corrected chi connectivity index (χ2v) is 4.84. The molecule has 2 aromatic heterocycles. The number of aromatic nitrogens is 4. The molecule has 0 spiro atoms. The molecule has 1 atom stereocenters. The summed E-state index contributed by atoms with van der Waals surface area (Å²) in [5, 5.41) is 7.92. The summed E-state index contributed by atoms with van der Waals surface area (Å²) < 4.78 is 3.15. The second-order valence-electron chi connectivity index (χ2n) is 3.85. The maximum atomic E-state index is 11.8. The van der Waals surface area contributed by atoms with Crippen LogP contribution in [0.15, 0.2) is 17.2 Å². The fourth-order valence-electron chi connectivity index (χ4n) is 1.62. The lowest BCUT2D eigenvalue weighted by Gasteiger charge is -2.08. The number of nitrogens with two attached hydrogens (primary N) is 1. The highest BCUT2D eigenvalue weighted by Crippen LogP contribution is 2.13. The van der Waals surface area contributed by atoms with Crippen LogP contribution >= 0.6 is 11.8 Å². The lowest BCUT2D eigenvalue weighted by atomic mass is 10.2. The maximum Gasteiger partial charge on any atom is 0.295 e. The van der Waals surface area contributed by atoms with Crippen molar-refractivity contribution in [3.8, 4) is 0 Å². The molecule has 17 heavy (non-hydrogen) atoms. The normalized spacial score (nSPS) is 13.1. The van der Waals surface area contributed by atoms with E-state index in [-0.39, 0.29) is 11.6 Å². The van der Waals surface area contributed by atoms with Gasteiger partial charge in [-0.25, -0.2) is 0 Å². The summed E-state index contributed by atoms with van der Waals surface area (Å²) in [7, 11) is 1.68. The molecule has 0 aliphatic carbocycles. The first-order valence-electron chi connectivity index (χ1n) is 5.30. The van der Waals surface area contributed by atoms with Crippen LogP contribution in [0.5, 0.6) is 0 Å². The standard InChI is InChI=1S/C10H15N5OS/c1-14-4-5-15-8(7(11)3-6-17-2)12-13-9(15)10(14)16/h4-5,7H,3,6,11H2,1-2H3/t7-/m0/s1. The zero-order valence-electron chi connectivity index (χ0n) is 9.83. The van der Waals surface area contributed by atoms with Gasteiger partial charge in [0.1, 0.15) is 0 Å². The van der Waals surface area contributed by atoms with E-state index in [0.717, 1.165) is 12.2 Å². The first kappa shape index (κ1) is 12.1. The van der Waals surface area contributed by atoms with Crippen molar-refractivity contribution in [3.05, 3.63) is 28.6 Å². The zero-order valence-corrected chi connectivity index (χ0v) is 10.6. The van der Waals surface area contributed by atoms with E-state index in [0.29, 0.717) is 11.5 Å². The minimum Gasteiger partial charge on any atom is -0.321 e. The van der Waals surface area contributed by atoms with Gasteiger partial charge in [0.05, 0.1) is 6.04 Å². The number of hydrogen-bond acceptors (Lipinski definition) is 5. The molecule has 0 aromatic carbocycles. The van der Waals surface area contributed by atoms with E-state index in [1.54, 1.807) is 35.6 Å². The molecule has 0 amide bonds. The average molecular weight is 253 g/mol. The Hall–Kier alpha value is -1.34. The third kappa shape index (κ3) is 2.20. The van der Waals surface area contributed by atoms with E-state index in [1.165, 1.54) is 4.57 Å². The molecule has 2 heterocycles. The minimum absolute atomic E-state index is 0.164. The predicted octanol–water partition coefficient (Wildman–Crippen LogP) is 0.181. The van der Waals surface area contributed by atoms with Crippen molar-refractivity contribution in [2.45, 2.75) is 12.5 Å². The quantitative estimate of drug-likeness (QED) is 0.841. The van der Waals surface area contributed by atoms with Crippen molar-refractivity contribution in [1.82, 2.24) is 19.2 Å². The van der Waals surface area contributed by atoms with Gasteiger partial charge in [0.25, 0.3) is 5.56 Å². The summed E-state index contributed by atoms with van der Waals surface area (Å²) in [6.07, 6.45) is 6.30. The van der Waals surface area contributed by atoms with E-state index in [2.05, 4.69) is 10.2 Å². The van der Waals surface area contributed by atoms with Gasteiger partial charge in [0, 0.05) is 19.4 Å². The third-order valence-electron chi connectivity index (χ3n) is 2.64. The van der Waals surface area contributed by atoms with Crippen LogP contribution in [0.1, 0.15) is 18.3 Å². The van der Waals surface area contributed by atoms with Gasteiger partial charge in [-0.05, 0) is 18.4 Å². The topological polar surface area (TPSA) is 78.2 Å². The maximum absolute atomic E-state index is 11.8.